The number of aromatic amines is 1. The number of amides is 1. The molecule has 1 aromatic heterocycles. The van der Waals surface area contributed by atoms with E-state index in [9.17, 15) is 14.7 Å². The van der Waals surface area contributed by atoms with Gasteiger partial charge in [0.2, 0.25) is 5.95 Å². The van der Waals surface area contributed by atoms with Crippen LogP contribution in [-0.4, -0.2) is 41.0 Å². The number of ketones is 1. The lowest BCUT2D eigenvalue weighted by atomic mass is 9.84. The van der Waals surface area contributed by atoms with E-state index in [1.165, 1.54) is 19.1 Å². The number of anilines is 1. The summed E-state index contributed by atoms with van der Waals surface area (Å²) in [5.74, 6) is -0.701. The molecule has 0 bridgehead atoms. The van der Waals surface area contributed by atoms with Crippen LogP contribution in [0.15, 0.2) is 66.2 Å². The minimum Gasteiger partial charge on any atom is -0.507 e. The molecule has 0 aliphatic carbocycles. The standard InChI is InChI=1S/C31H31N3O5/c1-17-11-13-19(31(2,3)4)16-20(17)27(35)25-26(18-12-14-23(38-5)24(15-18)39-6)34(29(37)28(25)36)30-32-21-9-7-8-10-22(21)33-30/h7-16,26,35H,1-6H3,(H,32,33)/b27-25+. The summed E-state index contributed by atoms with van der Waals surface area (Å²) in [5, 5.41) is 11.7. The molecule has 5 rings (SSSR count). The van der Waals surface area contributed by atoms with Crippen molar-refractivity contribution in [1.82, 2.24) is 9.97 Å². The number of H-pyrrole nitrogens is 1. The molecule has 1 aliphatic rings. The van der Waals surface area contributed by atoms with Gasteiger partial charge in [-0.3, -0.25) is 14.5 Å². The predicted molar refractivity (Wildman–Crippen MR) is 150 cm³/mol. The first kappa shape index (κ1) is 26.0. The largest absolute Gasteiger partial charge is 0.507 e. The number of carbonyl (C=O) groups is 2. The van der Waals surface area contributed by atoms with E-state index in [1.54, 1.807) is 18.2 Å². The number of rotatable bonds is 5. The van der Waals surface area contributed by atoms with Crippen LogP contribution in [0.3, 0.4) is 0 Å². The normalized spacial score (nSPS) is 17.2. The molecule has 1 saturated heterocycles. The van der Waals surface area contributed by atoms with E-state index in [1.807, 2.05) is 49.4 Å². The van der Waals surface area contributed by atoms with E-state index in [2.05, 4.69) is 30.7 Å². The monoisotopic (exact) mass is 525 g/mol. The topological polar surface area (TPSA) is 105 Å². The lowest BCUT2D eigenvalue weighted by Crippen LogP contribution is -2.30. The maximum absolute atomic E-state index is 13.7. The Hall–Kier alpha value is -4.59. The van der Waals surface area contributed by atoms with Gasteiger partial charge >= 0.3 is 5.91 Å². The van der Waals surface area contributed by atoms with Gasteiger partial charge in [0.05, 0.1) is 36.9 Å². The number of hydrogen-bond donors (Lipinski definition) is 2. The molecule has 0 saturated carbocycles. The van der Waals surface area contributed by atoms with Crippen molar-refractivity contribution in [2.75, 3.05) is 19.1 Å². The van der Waals surface area contributed by atoms with Crippen LogP contribution in [-0.2, 0) is 15.0 Å². The smallest absolute Gasteiger partial charge is 0.302 e. The second-order valence-corrected chi connectivity index (χ2v) is 10.6. The Morgan fingerprint density at radius 3 is 2.36 bits per heavy atom. The quantitative estimate of drug-likeness (QED) is 0.194. The zero-order valence-corrected chi connectivity index (χ0v) is 22.8. The summed E-state index contributed by atoms with van der Waals surface area (Å²) in [6.07, 6.45) is 0. The first-order valence-corrected chi connectivity index (χ1v) is 12.6. The van der Waals surface area contributed by atoms with Crippen LogP contribution in [0.1, 0.15) is 49.1 Å². The van der Waals surface area contributed by atoms with Crippen molar-refractivity contribution in [1.29, 1.82) is 0 Å². The van der Waals surface area contributed by atoms with Crippen LogP contribution in [0, 0.1) is 6.92 Å². The molecule has 0 spiro atoms. The van der Waals surface area contributed by atoms with Gasteiger partial charge in [0.25, 0.3) is 5.78 Å². The number of imidazole rings is 1. The van der Waals surface area contributed by atoms with Gasteiger partial charge in [-0.2, -0.15) is 0 Å². The van der Waals surface area contributed by atoms with Gasteiger partial charge in [-0.15, -0.1) is 0 Å². The van der Waals surface area contributed by atoms with E-state index in [0.717, 1.165) is 11.1 Å². The molecule has 1 amide bonds. The van der Waals surface area contributed by atoms with E-state index in [4.69, 9.17) is 9.47 Å². The Kier molecular flexibility index (Phi) is 6.42. The number of aryl methyl sites for hydroxylation is 1. The van der Waals surface area contributed by atoms with Crippen LogP contribution in [0.25, 0.3) is 16.8 Å². The number of aromatic nitrogens is 2. The van der Waals surface area contributed by atoms with Crippen LogP contribution in [0.5, 0.6) is 11.5 Å². The van der Waals surface area contributed by atoms with E-state index in [-0.39, 0.29) is 22.7 Å². The Balaban J connectivity index is 1.77. The fraction of sp³-hybridized carbons (Fsp3) is 0.258. The molecule has 4 aromatic rings. The molecular formula is C31H31N3O5. The Labute approximate surface area is 226 Å². The van der Waals surface area contributed by atoms with Crippen molar-refractivity contribution in [3.63, 3.8) is 0 Å². The third kappa shape index (κ3) is 4.41. The highest BCUT2D eigenvalue weighted by Crippen LogP contribution is 2.44. The first-order valence-electron chi connectivity index (χ1n) is 12.6. The van der Waals surface area contributed by atoms with Gasteiger partial charge < -0.3 is 19.6 Å². The lowest BCUT2D eigenvalue weighted by Gasteiger charge is -2.24. The van der Waals surface area contributed by atoms with Crippen molar-refractivity contribution in [3.8, 4) is 11.5 Å². The number of benzene rings is 3. The molecule has 1 fully saturated rings. The zero-order chi connectivity index (χ0) is 28.1. The number of aliphatic hydroxyl groups is 1. The average Bonchev–Trinajstić information content (AvgIpc) is 3.45. The van der Waals surface area contributed by atoms with Crippen molar-refractivity contribution >= 4 is 34.4 Å². The fourth-order valence-electron chi connectivity index (χ4n) is 4.93. The summed E-state index contributed by atoms with van der Waals surface area (Å²) >= 11 is 0. The Morgan fingerprint density at radius 2 is 1.69 bits per heavy atom. The zero-order valence-electron chi connectivity index (χ0n) is 22.8. The number of Topliss-reactive ketones (excluding diaryl/α,β-unsaturated/α-hetero) is 1. The highest BCUT2D eigenvalue weighted by Gasteiger charge is 2.48. The van der Waals surface area contributed by atoms with Crippen LogP contribution in [0.2, 0.25) is 0 Å². The highest BCUT2D eigenvalue weighted by molar-refractivity contribution is 6.51. The fourth-order valence-corrected chi connectivity index (χ4v) is 4.93. The summed E-state index contributed by atoms with van der Waals surface area (Å²) in [6, 6.07) is 17.4. The SMILES string of the molecule is COc1ccc(C2/C(=C(\O)c3cc(C(C)(C)C)ccc3C)C(=O)C(=O)N2c2nc3ccccc3[nH]2)cc1OC. The van der Waals surface area contributed by atoms with Crippen molar-refractivity contribution in [3.05, 3.63) is 88.5 Å². The third-order valence-corrected chi connectivity index (χ3v) is 7.13. The van der Waals surface area contributed by atoms with Gasteiger partial charge in [-0.05, 0) is 59.4 Å². The number of ether oxygens (including phenoxy) is 2. The maximum Gasteiger partial charge on any atom is 0.302 e. The molecule has 1 unspecified atom stereocenters. The van der Waals surface area contributed by atoms with E-state index >= 15 is 0 Å². The molecule has 3 aromatic carbocycles. The number of methoxy groups -OCH3 is 2. The van der Waals surface area contributed by atoms with Crippen LogP contribution >= 0.6 is 0 Å². The summed E-state index contributed by atoms with van der Waals surface area (Å²) in [6.45, 7) is 8.09. The summed E-state index contributed by atoms with van der Waals surface area (Å²) < 4.78 is 10.9. The highest BCUT2D eigenvalue weighted by atomic mass is 16.5. The summed E-state index contributed by atoms with van der Waals surface area (Å²) in [5.41, 5.74) is 3.97. The second kappa shape index (κ2) is 9.62. The number of carbonyl (C=O) groups excluding carboxylic acids is 2. The minimum absolute atomic E-state index is 0.0261. The maximum atomic E-state index is 13.7. The van der Waals surface area contributed by atoms with Crippen molar-refractivity contribution < 1.29 is 24.2 Å². The summed E-state index contributed by atoms with van der Waals surface area (Å²) in [7, 11) is 3.04. The lowest BCUT2D eigenvalue weighted by molar-refractivity contribution is -0.132. The van der Waals surface area contributed by atoms with Crippen molar-refractivity contribution in [2.45, 2.75) is 39.2 Å². The van der Waals surface area contributed by atoms with Crippen LogP contribution in [0.4, 0.5) is 5.95 Å². The number of aliphatic hydroxyl groups excluding tert-OH is 1. The van der Waals surface area contributed by atoms with Crippen molar-refractivity contribution in [2.24, 2.45) is 0 Å². The molecule has 1 aliphatic heterocycles. The first-order chi connectivity index (χ1) is 18.5. The van der Waals surface area contributed by atoms with Gasteiger partial charge in [0.1, 0.15) is 5.76 Å². The molecule has 8 nitrogen and oxygen atoms in total. The van der Waals surface area contributed by atoms with Crippen LogP contribution < -0.4 is 14.4 Å². The number of hydrogen-bond acceptors (Lipinski definition) is 6. The second-order valence-electron chi connectivity index (χ2n) is 10.6. The predicted octanol–water partition coefficient (Wildman–Crippen LogP) is 5.81. The number of nitrogens with one attached hydrogen (secondary N) is 1. The number of para-hydroxylation sites is 2. The molecule has 1 atom stereocenters. The molecule has 200 valence electrons. The molecule has 0 radical (unpaired) electrons. The molecule has 39 heavy (non-hydrogen) atoms. The molecular weight excluding hydrogens is 494 g/mol. The Bertz CT molecular complexity index is 1610. The van der Waals surface area contributed by atoms with E-state index < -0.39 is 17.7 Å². The van der Waals surface area contributed by atoms with Gasteiger partial charge in [0, 0.05) is 5.56 Å². The van der Waals surface area contributed by atoms with Gasteiger partial charge in [-0.1, -0.05) is 51.1 Å². The third-order valence-electron chi connectivity index (χ3n) is 7.13. The van der Waals surface area contributed by atoms with E-state index in [0.29, 0.717) is 33.7 Å². The molecule has 2 N–H and O–H groups in total. The average molecular weight is 526 g/mol. The molecule has 8 heteroatoms. The number of fused-ring (bicyclic) bond motifs is 1. The molecule has 2 heterocycles. The van der Waals surface area contributed by atoms with Gasteiger partial charge in [-0.25, -0.2) is 4.98 Å². The Morgan fingerprint density at radius 1 is 0.974 bits per heavy atom. The van der Waals surface area contributed by atoms with Gasteiger partial charge in [0.15, 0.2) is 11.5 Å². The minimum atomic E-state index is -0.969. The summed E-state index contributed by atoms with van der Waals surface area (Å²) in [4.78, 5) is 36.3. The number of nitrogens with zero attached hydrogens (tertiary/aromatic N) is 2.